The molecule has 0 spiro atoms. The van der Waals surface area contributed by atoms with Crippen LogP contribution >= 0.6 is 11.8 Å². The van der Waals surface area contributed by atoms with E-state index in [1.165, 1.54) is 4.90 Å². The summed E-state index contributed by atoms with van der Waals surface area (Å²) in [4.78, 5) is 8.41. The number of hydrogen-bond acceptors (Lipinski definition) is 5. The van der Waals surface area contributed by atoms with Gasteiger partial charge in [-0.1, -0.05) is 5.16 Å². The van der Waals surface area contributed by atoms with E-state index in [4.69, 9.17) is 9.78 Å². The molecular weight excluding hydrogens is 272 g/mol. The van der Waals surface area contributed by atoms with Crippen molar-refractivity contribution in [2.45, 2.75) is 4.90 Å². The first-order valence-corrected chi connectivity index (χ1v) is 7.10. The van der Waals surface area contributed by atoms with Crippen LogP contribution in [0.3, 0.4) is 0 Å². The quantitative estimate of drug-likeness (QED) is 0.745. The maximum atomic E-state index is 8.78. The molecule has 0 saturated carbocycles. The zero-order valence-electron chi connectivity index (χ0n) is 10.6. The van der Waals surface area contributed by atoms with Crippen LogP contribution in [0.5, 0.6) is 0 Å². The summed E-state index contributed by atoms with van der Waals surface area (Å²) in [6.45, 7) is 0. The van der Waals surface area contributed by atoms with E-state index in [1.807, 2.05) is 36.6 Å². The van der Waals surface area contributed by atoms with E-state index in [0.29, 0.717) is 23.1 Å². The van der Waals surface area contributed by atoms with Crippen molar-refractivity contribution in [1.29, 1.82) is 5.26 Å². The molecule has 6 heteroatoms. The van der Waals surface area contributed by atoms with Crippen LogP contribution < -0.4 is 0 Å². The van der Waals surface area contributed by atoms with E-state index >= 15 is 0 Å². The highest BCUT2D eigenvalue weighted by atomic mass is 32.2. The third kappa shape index (κ3) is 2.31. The van der Waals surface area contributed by atoms with Crippen molar-refractivity contribution >= 4 is 11.8 Å². The molecule has 0 atom stereocenters. The normalized spacial score (nSPS) is 10.4. The first kappa shape index (κ1) is 12.5. The van der Waals surface area contributed by atoms with Crippen LogP contribution in [0.2, 0.25) is 0 Å². The highest BCUT2D eigenvalue weighted by molar-refractivity contribution is 7.98. The molecule has 98 valence electrons. The third-order valence-corrected chi connectivity index (χ3v) is 3.55. The molecule has 2 heterocycles. The van der Waals surface area contributed by atoms with Gasteiger partial charge in [0.05, 0.1) is 0 Å². The molecule has 5 nitrogen and oxygen atoms in total. The Bertz CT molecular complexity index is 767. The van der Waals surface area contributed by atoms with E-state index < -0.39 is 0 Å². The second-order valence-corrected chi connectivity index (χ2v) is 4.93. The van der Waals surface area contributed by atoms with Gasteiger partial charge in [0.1, 0.15) is 17.5 Å². The maximum absolute atomic E-state index is 8.78. The Hall–Kier alpha value is -2.52. The minimum absolute atomic E-state index is 0.371. The Morgan fingerprint density at radius 1 is 1.20 bits per heavy atom. The molecule has 0 amide bonds. The van der Waals surface area contributed by atoms with E-state index in [1.54, 1.807) is 23.9 Å². The Balaban J connectivity index is 1.91. The number of benzene rings is 1. The monoisotopic (exact) mass is 282 g/mol. The molecule has 0 aliphatic carbocycles. The van der Waals surface area contributed by atoms with Crippen LogP contribution in [0.25, 0.3) is 23.0 Å². The van der Waals surface area contributed by atoms with Gasteiger partial charge in [0.15, 0.2) is 0 Å². The predicted octanol–water partition coefficient (Wildman–Crippen LogP) is 3.33. The van der Waals surface area contributed by atoms with Crippen molar-refractivity contribution in [3.8, 4) is 29.0 Å². The van der Waals surface area contributed by atoms with Crippen LogP contribution in [-0.4, -0.2) is 21.4 Å². The van der Waals surface area contributed by atoms with Crippen molar-refractivity contribution in [3.63, 3.8) is 0 Å². The van der Waals surface area contributed by atoms with Gasteiger partial charge in [-0.3, -0.25) is 0 Å². The molecule has 0 fully saturated rings. The average Bonchev–Trinajstić information content (AvgIpc) is 3.16. The zero-order chi connectivity index (χ0) is 13.9. The lowest BCUT2D eigenvalue weighted by Crippen LogP contribution is -1.82. The summed E-state index contributed by atoms with van der Waals surface area (Å²) >= 11 is 1.68. The van der Waals surface area contributed by atoms with E-state index in [2.05, 4.69) is 15.1 Å². The summed E-state index contributed by atoms with van der Waals surface area (Å²) in [7, 11) is 0. The lowest BCUT2D eigenvalue weighted by molar-refractivity contribution is 0.431. The van der Waals surface area contributed by atoms with Gasteiger partial charge in [-0.15, -0.1) is 11.8 Å². The van der Waals surface area contributed by atoms with Crippen molar-refractivity contribution in [2.24, 2.45) is 0 Å². The number of rotatable bonds is 3. The molecule has 0 bridgehead atoms. The second kappa shape index (κ2) is 5.23. The number of nitriles is 1. The van der Waals surface area contributed by atoms with Crippen LogP contribution in [0, 0.1) is 11.3 Å². The average molecular weight is 282 g/mol. The van der Waals surface area contributed by atoms with Gasteiger partial charge >= 0.3 is 0 Å². The molecule has 3 rings (SSSR count). The van der Waals surface area contributed by atoms with E-state index in [-0.39, 0.29) is 0 Å². The van der Waals surface area contributed by atoms with Gasteiger partial charge in [-0.25, -0.2) is 0 Å². The van der Waals surface area contributed by atoms with Crippen molar-refractivity contribution in [2.75, 3.05) is 6.26 Å². The first-order chi connectivity index (χ1) is 9.80. The molecule has 0 radical (unpaired) electrons. The summed E-state index contributed by atoms with van der Waals surface area (Å²) in [6.07, 6.45) is 2.03. The minimum Gasteiger partial charge on any atom is -0.342 e. The molecule has 2 aromatic heterocycles. The standard InChI is InChI=1S/C14H10N4OS/c1-20-11-5-2-9(3-6-11)13-17-14(19-18-13)12-7-4-10(8-15)16-12/h2-7,16H,1H3. The second-order valence-electron chi connectivity index (χ2n) is 4.05. The lowest BCUT2D eigenvalue weighted by atomic mass is 10.2. The summed E-state index contributed by atoms with van der Waals surface area (Å²) in [5.74, 6) is 0.899. The summed E-state index contributed by atoms with van der Waals surface area (Å²) < 4.78 is 5.21. The molecule has 0 unspecified atom stereocenters. The number of nitrogens with zero attached hydrogens (tertiary/aromatic N) is 3. The van der Waals surface area contributed by atoms with Crippen molar-refractivity contribution in [3.05, 3.63) is 42.1 Å². The number of nitrogens with one attached hydrogen (secondary N) is 1. The van der Waals surface area contributed by atoms with Crippen LogP contribution in [0.15, 0.2) is 45.8 Å². The SMILES string of the molecule is CSc1ccc(-c2noc(-c3ccc(C#N)[nH]3)n2)cc1. The first-order valence-electron chi connectivity index (χ1n) is 5.88. The molecule has 3 aromatic rings. The number of hydrogen-bond donors (Lipinski definition) is 1. The molecule has 0 saturated heterocycles. The molecule has 0 aliphatic rings. The summed E-state index contributed by atoms with van der Waals surface area (Å²) in [5, 5.41) is 12.7. The Labute approximate surface area is 119 Å². The predicted molar refractivity (Wildman–Crippen MR) is 76.0 cm³/mol. The number of H-pyrrole nitrogens is 1. The Morgan fingerprint density at radius 3 is 2.65 bits per heavy atom. The van der Waals surface area contributed by atoms with Gasteiger partial charge in [0, 0.05) is 10.5 Å². The van der Waals surface area contributed by atoms with E-state index in [0.717, 1.165) is 5.56 Å². The lowest BCUT2D eigenvalue weighted by Gasteiger charge is -1.96. The topological polar surface area (TPSA) is 78.5 Å². The number of thioether (sulfide) groups is 1. The van der Waals surface area contributed by atoms with Gasteiger partial charge in [-0.2, -0.15) is 10.2 Å². The fourth-order valence-corrected chi connectivity index (χ4v) is 2.18. The largest absolute Gasteiger partial charge is 0.342 e. The van der Waals surface area contributed by atoms with Crippen LogP contribution in [0.1, 0.15) is 5.69 Å². The summed E-state index contributed by atoms with van der Waals surface area (Å²) in [6, 6.07) is 13.4. The van der Waals surface area contributed by atoms with Crippen LogP contribution in [0.4, 0.5) is 0 Å². The molecule has 20 heavy (non-hydrogen) atoms. The van der Waals surface area contributed by atoms with E-state index in [9.17, 15) is 0 Å². The fourth-order valence-electron chi connectivity index (χ4n) is 1.78. The number of aromatic nitrogens is 3. The van der Waals surface area contributed by atoms with Crippen molar-refractivity contribution < 1.29 is 4.52 Å². The zero-order valence-corrected chi connectivity index (χ0v) is 11.4. The maximum Gasteiger partial charge on any atom is 0.274 e. The molecular formula is C14H10N4OS. The molecule has 1 aromatic carbocycles. The highest BCUT2D eigenvalue weighted by Gasteiger charge is 2.12. The van der Waals surface area contributed by atoms with Crippen molar-refractivity contribution in [1.82, 2.24) is 15.1 Å². The van der Waals surface area contributed by atoms with Gasteiger partial charge in [-0.05, 0) is 42.7 Å². The van der Waals surface area contributed by atoms with Gasteiger partial charge in [0.25, 0.3) is 5.89 Å². The fraction of sp³-hybridized carbons (Fsp3) is 0.0714. The Morgan fingerprint density at radius 2 is 2.00 bits per heavy atom. The molecule has 1 N–H and O–H groups in total. The third-order valence-electron chi connectivity index (χ3n) is 2.81. The Kier molecular flexibility index (Phi) is 3.27. The van der Waals surface area contributed by atoms with Crippen LogP contribution in [-0.2, 0) is 0 Å². The highest BCUT2D eigenvalue weighted by Crippen LogP contribution is 2.23. The van der Waals surface area contributed by atoms with Gasteiger partial charge < -0.3 is 9.51 Å². The summed E-state index contributed by atoms with van der Waals surface area (Å²) in [5.41, 5.74) is 2.00. The van der Waals surface area contributed by atoms with Gasteiger partial charge in [0.2, 0.25) is 5.82 Å². The number of aromatic amines is 1. The smallest absolute Gasteiger partial charge is 0.274 e. The minimum atomic E-state index is 0.371. The molecule has 0 aliphatic heterocycles.